The molecule has 0 heterocycles. The maximum atomic E-state index is 11.9. The Balaban J connectivity index is 1.96. The van der Waals surface area contributed by atoms with Gasteiger partial charge in [-0.2, -0.15) is 13.2 Å². The van der Waals surface area contributed by atoms with Crippen LogP contribution in [-0.4, -0.2) is 6.18 Å². The van der Waals surface area contributed by atoms with Gasteiger partial charge in [0, 0.05) is 6.42 Å². The van der Waals surface area contributed by atoms with Crippen molar-refractivity contribution in [2.75, 3.05) is 0 Å². The summed E-state index contributed by atoms with van der Waals surface area (Å²) in [5.41, 5.74) is 1.91. The van der Waals surface area contributed by atoms with E-state index in [0.29, 0.717) is 12.1 Å². The molecule has 116 valence electrons. The quantitative estimate of drug-likeness (QED) is 0.364. The first-order valence-corrected chi connectivity index (χ1v) is 7.54. The summed E-state index contributed by atoms with van der Waals surface area (Å²) < 4.78 is 35.8. The highest BCUT2D eigenvalue weighted by Crippen LogP contribution is 2.23. The van der Waals surface area contributed by atoms with E-state index in [1.807, 2.05) is 24.3 Å². The van der Waals surface area contributed by atoms with Crippen molar-refractivity contribution >= 4 is 5.69 Å². The summed E-state index contributed by atoms with van der Waals surface area (Å²) in [7, 11) is 0. The topological polar surface area (TPSA) is 4.36 Å². The second-order valence-electron chi connectivity index (χ2n) is 5.37. The minimum atomic E-state index is -4.00. The van der Waals surface area contributed by atoms with E-state index in [1.54, 1.807) is 0 Å². The third-order valence-corrected chi connectivity index (χ3v) is 3.49. The predicted molar refractivity (Wildman–Crippen MR) is 79.4 cm³/mol. The Morgan fingerprint density at radius 2 is 1.33 bits per heavy atom. The van der Waals surface area contributed by atoms with Crippen LogP contribution in [0.25, 0.3) is 4.85 Å². The molecule has 4 heteroatoms. The minimum Gasteiger partial charge on any atom is -0.238 e. The number of aryl methyl sites for hydroxylation is 1. The lowest BCUT2D eigenvalue weighted by Gasteiger charge is -2.05. The number of rotatable bonds is 9. The van der Waals surface area contributed by atoms with Crippen molar-refractivity contribution in [2.45, 2.75) is 64.0 Å². The molecule has 0 aromatic heterocycles. The second-order valence-corrected chi connectivity index (χ2v) is 5.37. The first-order valence-electron chi connectivity index (χ1n) is 7.54. The van der Waals surface area contributed by atoms with Crippen LogP contribution in [0.15, 0.2) is 24.3 Å². The molecule has 1 aromatic carbocycles. The van der Waals surface area contributed by atoms with Gasteiger partial charge < -0.3 is 0 Å². The Kier molecular flexibility index (Phi) is 7.89. The number of unbranched alkanes of at least 4 members (excludes halogenated alkanes) is 6. The summed E-state index contributed by atoms with van der Waals surface area (Å²) in [6.45, 7) is 6.87. The van der Waals surface area contributed by atoms with E-state index in [1.165, 1.54) is 5.56 Å². The number of halogens is 3. The fourth-order valence-electron chi connectivity index (χ4n) is 2.28. The molecule has 0 atom stereocenters. The maximum absolute atomic E-state index is 11.9. The van der Waals surface area contributed by atoms with E-state index < -0.39 is 12.6 Å². The molecule has 0 amide bonds. The van der Waals surface area contributed by atoms with Crippen molar-refractivity contribution < 1.29 is 13.2 Å². The van der Waals surface area contributed by atoms with E-state index in [2.05, 4.69) is 4.85 Å². The molecule has 0 N–H and O–H groups in total. The van der Waals surface area contributed by atoms with Crippen molar-refractivity contribution in [1.82, 2.24) is 0 Å². The summed E-state index contributed by atoms with van der Waals surface area (Å²) in [6.07, 6.45) is 2.53. The molecule has 0 bridgehead atoms. The normalized spacial score (nSPS) is 11.3. The summed E-state index contributed by atoms with van der Waals surface area (Å²) in [5, 5.41) is 0. The molecule has 0 aliphatic carbocycles. The minimum absolute atomic E-state index is 0.261. The van der Waals surface area contributed by atoms with E-state index in [9.17, 15) is 13.2 Å². The van der Waals surface area contributed by atoms with E-state index in [4.69, 9.17) is 6.57 Å². The van der Waals surface area contributed by atoms with Crippen LogP contribution in [0.4, 0.5) is 18.9 Å². The van der Waals surface area contributed by atoms with Gasteiger partial charge >= 0.3 is 6.18 Å². The predicted octanol–water partition coefficient (Wildman–Crippen LogP) is 6.46. The first kappa shape index (κ1) is 17.6. The van der Waals surface area contributed by atoms with Gasteiger partial charge in [0.25, 0.3) is 0 Å². The molecule has 1 rings (SSSR count). The van der Waals surface area contributed by atoms with Gasteiger partial charge in [0.1, 0.15) is 0 Å². The Labute approximate surface area is 125 Å². The third kappa shape index (κ3) is 9.12. The number of nitrogens with zero attached hydrogens (tertiary/aromatic N) is 1. The zero-order valence-electron chi connectivity index (χ0n) is 12.3. The van der Waals surface area contributed by atoms with Gasteiger partial charge in [-0.1, -0.05) is 61.9 Å². The van der Waals surface area contributed by atoms with Gasteiger partial charge in [-0.05, 0) is 19.3 Å². The standard InChI is InChI=1S/C17H22F3N/c1-21-16-12-10-15(11-13-16)9-7-5-3-2-4-6-8-14-17(18,19)20/h10-13H,2-9,14H2. The fraction of sp³-hybridized carbons (Fsp3) is 0.588. The smallest absolute Gasteiger partial charge is 0.238 e. The van der Waals surface area contributed by atoms with E-state index in [-0.39, 0.29) is 6.42 Å². The van der Waals surface area contributed by atoms with Crippen molar-refractivity contribution in [1.29, 1.82) is 0 Å². The lowest BCUT2D eigenvalue weighted by molar-refractivity contribution is -0.135. The third-order valence-electron chi connectivity index (χ3n) is 3.49. The zero-order chi connectivity index (χ0) is 15.6. The van der Waals surface area contributed by atoms with Crippen molar-refractivity contribution in [2.24, 2.45) is 0 Å². The molecule has 0 spiro atoms. The van der Waals surface area contributed by atoms with E-state index >= 15 is 0 Å². The van der Waals surface area contributed by atoms with Crippen LogP contribution >= 0.6 is 0 Å². The van der Waals surface area contributed by atoms with Crippen LogP contribution < -0.4 is 0 Å². The van der Waals surface area contributed by atoms with Gasteiger partial charge in [0.15, 0.2) is 5.69 Å². The summed E-state index contributed by atoms with van der Waals surface area (Å²) >= 11 is 0. The fourth-order valence-corrected chi connectivity index (χ4v) is 2.28. The molecule has 1 aromatic rings. The number of alkyl halides is 3. The van der Waals surface area contributed by atoms with Crippen molar-refractivity contribution in [3.05, 3.63) is 41.2 Å². The van der Waals surface area contributed by atoms with Crippen LogP contribution in [0.1, 0.15) is 56.9 Å². The lowest BCUT2D eigenvalue weighted by Crippen LogP contribution is -2.06. The zero-order valence-corrected chi connectivity index (χ0v) is 12.3. The molecular formula is C17H22F3N. The Hall–Kier alpha value is -1.50. The Bertz CT molecular complexity index is 429. The number of benzene rings is 1. The summed E-state index contributed by atoms with van der Waals surface area (Å²) in [5.74, 6) is 0. The largest absolute Gasteiger partial charge is 0.389 e. The molecule has 21 heavy (non-hydrogen) atoms. The maximum Gasteiger partial charge on any atom is 0.389 e. The van der Waals surface area contributed by atoms with Gasteiger partial charge in [-0.25, -0.2) is 4.85 Å². The Morgan fingerprint density at radius 3 is 1.86 bits per heavy atom. The molecule has 0 saturated heterocycles. The average molecular weight is 297 g/mol. The number of hydrogen-bond donors (Lipinski definition) is 0. The first-order chi connectivity index (χ1) is 10.0. The van der Waals surface area contributed by atoms with Crippen LogP contribution in [-0.2, 0) is 6.42 Å². The average Bonchev–Trinajstić information content (AvgIpc) is 2.45. The SMILES string of the molecule is [C-]#[N+]c1ccc(CCCCCCCCCC(F)(F)F)cc1. The van der Waals surface area contributed by atoms with Gasteiger partial charge in [-0.15, -0.1) is 0 Å². The lowest BCUT2D eigenvalue weighted by atomic mass is 10.0. The molecule has 0 aliphatic heterocycles. The molecule has 0 radical (unpaired) electrons. The highest BCUT2D eigenvalue weighted by molar-refractivity contribution is 5.45. The van der Waals surface area contributed by atoms with Crippen LogP contribution in [0, 0.1) is 6.57 Å². The molecular weight excluding hydrogens is 275 g/mol. The molecule has 0 fully saturated rings. The highest BCUT2D eigenvalue weighted by atomic mass is 19.4. The van der Waals surface area contributed by atoms with Crippen LogP contribution in [0.2, 0.25) is 0 Å². The summed E-state index contributed by atoms with van der Waals surface area (Å²) in [4.78, 5) is 3.35. The Morgan fingerprint density at radius 1 is 0.810 bits per heavy atom. The second kappa shape index (κ2) is 9.44. The molecule has 0 aliphatic rings. The molecule has 0 saturated carbocycles. The molecule has 1 nitrogen and oxygen atoms in total. The van der Waals surface area contributed by atoms with Gasteiger partial charge in [0.2, 0.25) is 0 Å². The highest BCUT2D eigenvalue weighted by Gasteiger charge is 2.25. The van der Waals surface area contributed by atoms with Crippen molar-refractivity contribution in [3.63, 3.8) is 0 Å². The van der Waals surface area contributed by atoms with Gasteiger partial charge in [0.05, 0.1) is 6.57 Å². The van der Waals surface area contributed by atoms with Crippen LogP contribution in [0.5, 0.6) is 0 Å². The van der Waals surface area contributed by atoms with E-state index in [0.717, 1.165) is 38.5 Å². The number of hydrogen-bond acceptors (Lipinski definition) is 0. The van der Waals surface area contributed by atoms with Crippen LogP contribution in [0.3, 0.4) is 0 Å². The molecule has 0 unspecified atom stereocenters. The monoisotopic (exact) mass is 297 g/mol. The van der Waals surface area contributed by atoms with Crippen molar-refractivity contribution in [3.8, 4) is 0 Å². The summed E-state index contributed by atoms with van der Waals surface area (Å²) in [6, 6.07) is 7.65. The van der Waals surface area contributed by atoms with Gasteiger partial charge in [-0.3, -0.25) is 0 Å².